The molecule has 2 nitrogen and oxygen atoms in total. The summed E-state index contributed by atoms with van der Waals surface area (Å²) in [6.07, 6.45) is 1.26. The third-order valence-corrected chi connectivity index (χ3v) is 2.01. The number of nitrogens with two attached hydrogens (primary N) is 1. The van der Waals surface area contributed by atoms with Crippen LogP contribution in [0.15, 0.2) is 0 Å². The van der Waals surface area contributed by atoms with Crippen LogP contribution in [0.4, 0.5) is 0 Å². The van der Waals surface area contributed by atoms with Crippen LogP contribution in [0.2, 0.25) is 0 Å². The molecule has 1 unspecified atom stereocenters. The Balaban J connectivity index is 2.12. The lowest BCUT2D eigenvalue weighted by Crippen LogP contribution is -2.38. The van der Waals surface area contributed by atoms with Crippen LogP contribution in [0.1, 0.15) is 6.42 Å². The second kappa shape index (κ2) is 2.55. The molecule has 7 heavy (non-hydrogen) atoms. The van der Waals surface area contributed by atoms with Gasteiger partial charge in [-0.15, -0.1) is 11.8 Å². The predicted molar refractivity (Wildman–Crippen MR) is 33.1 cm³/mol. The molecule has 1 saturated heterocycles. The van der Waals surface area contributed by atoms with E-state index in [-0.39, 0.29) is 5.50 Å². The SMILES string of the molecule is NC1NCCCS1. The molecular formula is C4H10N2S. The highest BCUT2D eigenvalue weighted by Crippen LogP contribution is 2.08. The highest BCUT2D eigenvalue weighted by Gasteiger charge is 2.05. The zero-order chi connectivity index (χ0) is 5.11. The number of nitrogens with one attached hydrogen (secondary N) is 1. The van der Waals surface area contributed by atoms with Crippen molar-refractivity contribution in [2.45, 2.75) is 11.9 Å². The molecule has 1 rings (SSSR count). The quantitative estimate of drug-likeness (QED) is 0.468. The van der Waals surface area contributed by atoms with Crippen molar-refractivity contribution < 1.29 is 0 Å². The van der Waals surface area contributed by atoms with E-state index in [9.17, 15) is 0 Å². The fraction of sp³-hybridized carbons (Fsp3) is 1.00. The Morgan fingerprint density at radius 2 is 2.57 bits per heavy atom. The Morgan fingerprint density at radius 3 is 2.86 bits per heavy atom. The summed E-state index contributed by atoms with van der Waals surface area (Å²) < 4.78 is 0. The van der Waals surface area contributed by atoms with E-state index in [1.165, 1.54) is 12.2 Å². The van der Waals surface area contributed by atoms with Crippen molar-refractivity contribution >= 4 is 11.8 Å². The van der Waals surface area contributed by atoms with Gasteiger partial charge in [-0.05, 0) is 18.7 Å². The molecule has 3 N–H and O–H groups in total. The van der Waals surface area contributed by atoms with Crippen molar-refractivity contribution in [3.63, 3.8) is 0 Å². The highest BCUT2D eigenvalue weighted by molar-refractivity contribution is 7.99. The summed E-state index contributed by atoms with van der Waals surface area (Å²) in [5, 5.41) is 3.12. The van der Waals surface area contributed by atoms with E-state index in [1.54, 1.807) is 11.8 Å². The molecular weight excluding hydrogens is 108 g/mol. The monoisotopic (exact) mass is 118 g/mol. The van der Waals surface area contributed by atoms with Gasteiger partial charge in [-0.2, -0.15) is 0 Å². The smallest absolute Gasteiger partial charge is 0.103 e. The molecule has 0 aliphatic carbocycles. The van der Waals surface area contributed by atoms with Crippen molar-refractivity contribution in [2.75, 3.05) is 12.3 Å². The van der Waals surface area contributed by atoms with E-state index in [0.29, 0.717) is 0 Å². The number of hydrogen-bond acceptors (Lipinski definition) is 3. The van der Waals surface area contributed by atoms with Crippen molar-refractivity contribution in [1.82, 2.24) is 5.32 Å². The van der Waals surface area contributed by atoms with Gasteiger partial charge in [0.25, 0.3) is 0 Å². The minimum Gasteiger partial charge on any atom is -0.307 e. The Morgan fingerprint density at radius 1 is 1.71 bits per heavy atom. The summed E-state index contributed by atoms with van der Waals surface area (Å²) in [5.74, 6) is 1.22. The summed E-state index contributed by atoms with van der Waals surface area (Å²) in [7, 11) is 0. The Hall–Kier alpha value is 0.270. The van der Waals surface area contributed by atoms with Crippen LogP contribution in [0.25, 0.3) is 0 Å². The van der Waals surface area contributed by atoms with Gasteiger partial charge in [-0.1, -0.05) is 0 Å². The lowest BCUT2D eigenvalue weighted by Gasteiger charge is -2.17. The van der Waals surface area contributed by atoms with Crippen molar-refractivity contribution in [3.05, 3.63) is 0 Å². The zero-order valence-corrected chi connectivity index (χ0v) is 5.00. The second-order valence-corrected chi connectivity index (χ2v) is 2.85. The van der Waals surface area contributed by atoms with Gasteiger partial charge in [-0.25, -0.2) is 0 Å². The molecule has 1 aliphatic rings. The van der Waals surface area contributed by atoms with Crippen LogP contribution in [0.3, 0.4) is 0 Å². The highest BCUT2D eigenvalue weighted by atomic mass is 32.2. The van der Waals surface area contributed by atoms with E-state index in [4.69, 9.17) is 5.73 Å². The fourth-order valence-corrected chi connectivity index (χ4v) is 1.39. The molecule has 0 amide bonds. The number of hydrogen-bond donors (Lipinski definition) is 2. The minimum absolute atomic E-state index is 0.203. The van der Waals surface area contributed by atoms with E-state index >= 15 is 0 Å². The molecule has 42 valence electrons. The summed E-state index contributed by atoms with van der Waals surface area (Å²) in [4.78, 5) is 0. The van der Waals surface area contributed by atoms with Crippen LogP contribution < -0.4 is 11.1 Å². The molecule has 0 radical (unpaired) electrons. The molecule has 1 fully saturated rings. The van der Waals surface area contributed by atoms with E-state index in [1.807, 2.05) is 0 Å². The van der Waals surface area contributed by atoms with Gasteiger partial charge >= 0.3 is 0 Å². The second-order valence-electron chi connectivity index (χ2n) is 1.60. The first kappa shape index (κ1) is 5.41. The summed E-state index contributed by atoms with van der Waals surface area (Å²) in [6, 6.07) is 0. The van der Waals surface area contributed by atoms with Crippen molar-refractivity contribution in [1.29, 1.82) is 0 Å². The summed E-state index contributed by atoms with van der Waals surface area (Å²) >= 11 is 1.78. The molecule has 1 atom stereocenters. The first-order chi connectivity index (χ1) is 3.39. The van der Waals surface area contributed by atoms with E-state index < -0.39 is 0 Å². The maximum absolute atomic E-state index is 5.49. The third kappa shape index (κ3) is 1.67. The molecule has 0 bridgehead atoms. The van der Waals surface area contributed by atoms with Gasteiger partial charge in [0, 0.05) is 0 Å². The zero-order valence-electron chi connectivity index (χ0n) is 4.18. The van der Waals surface area contributed by atoms with Gasteiger partial charge in [0.05, 0.1) is 0 Å². The van der Waals surface area contributed by atoms with E-state index in [0.717, 1.165) is 6.54 Å². The molecule has 1 heterocycles. The molecule has 0 aromatic heterocycles. The normalized spacial score (nSPS) is 33.0. The summed E-state index contributed by atoms with van der Waals surface area (Å²) in [6.45, 7) is 1.09. The maximum Gasteiger partial charge on any atom is 0.103 e. The van der Waals surface area contributed by atoms with Crippen LogP contribution >= 0.6 is 11.8 Å². The van der Waals surface area contributed by atoms with Crippen LogP contribution in [-0.4, -0.2) is 17.8 Å². The number of thioether (sulfide) groups is 1. The molecule has 0 aromatic rings. The average Bonchev–Trinajstić information content (AvgIpc) is 1.69. The Kier molecular flexibility index (Phi) is 1.97. The largest absolute Gasteiger partial charge is 0.307 e. The van der Waals surface area contributed by atoms with Crippen LogP contribution in [0, 0.1) is 0 Å². The average molecular weight is 118 g/mol. The van der Waals surface area contributed by atoms with Crippen molar-refractivity contribution in [2.24, 2.45) is 5.73 Å². The first-order valence-corrected chi connectivity index (χ1v) is 3.55. The standard InChI is InChI=1S/C4H10N2S/c5-4-6-2-1-3-7-4/h4,6H,1-3,5H2. The lowest BCUT2D eigenvalue weighted by atomic mass is 10.5. The lowest BCUT2D eigenvalue weighted by molar-refractivity contribution is 0.635. The summed E-state index contributed by atoms with van der Waals surface area (Å²) in [5.41, 5.74) is 5.69. The third-order valence-electron chi connectivity index (χ3n) is 0.964. The molecule has 1 aliphatic heterocycles. The predicted octanol–water partition coefficient (Wildman–Crippen LogP) is -0.0448. The van der Waals surface area contributed by atoms with Crippen LogP contribution in [-0.2, 0) is 0 Å². The molecule has 3 heteroatoms. The molecule has 0 aromatic carbocycles. The number of rotatable bonds is 0. The van der Waals surface area contributed by atoms with E-state index in [2.05, 4.69) is 5.32 Å². The Bertz CT molecular complexity index is 51.7. The van der Waals surface area contributed by atoms with Gasteiger partial charge < -0.3 is 5.73 Å². The Labute approximate surface area is 47.8 Å². The fourth-order valence-electron chi connectivity index (χ4n) is 0.586. The maximum atomic E-state index is 5.49. The molecule has 0 saturated carbocycles. The van der Waals surface area contributed by atoms with Crippen LogP contribution in [0.5, 0.6) is 0 Å². The molecule has 0 spiro atoms. The van der Waals surface area contributed by atoms with Crippen molar-refractivity contribution in [3.8, 4) is 0 Å². The minimum atomic E-state index is 0.203. The van der Waals surface area contributed by atoms with Gasteiger partial charge in [0.15, 0.2) is 0 Å². The van der Waals surface area contributed by atoms with Gasteiger partial charge in [0.1, 0.15) is 5.50 Å². The first-order valence-electron chi connectivity index (χ1n) is 2.50. The van der Waals surface area contributed by atoms with Gasteiger partial charge in [-0.3, -0.25) is 5.32 Å². The topological polar surface area (TPSA) is 38.0 Å². The van der Waals surface area contributed by atoms with Gasteiger partial charge in [0.2, 0.25) is 0 Å².